The SMILES string of the molecule is CC(C)Sc1nnc(C(F)(F)F)n1N. The van der Waals surface area contributed by atoms with Crippen LogP contribution in [0.15, 0.2) is 5.16 Å². The fraction of sp³-hybridized carbons (Fsp3) is 0.667. The summed E-state index contributed by atoms with van der Waals surface area (Å²) in [5, 5.41) is 6.50. The number of aromatic nitrogens is 3. The molecule has 0 saturated carbocycles. The van der Waals surface area contributed by atoms with Crippen molar-refractivity contribution in [2.75, 3.05) is 5.84 Å². The molecule has 14 heavy (non-hydrogen) atoms. The van der Waals surface area contributed by atoms with Crippen molar-refractivity contribution in [2.24, 2.45) is 0 Å². The second-order valence-corrected chi connectivity index (χ2v) is 4.38. The van der Waals surface area contributed by atoms with Crippen LogP contribution in [-0.2, 0) is 6.18 Å². The highest BCUT2D eigenvalue weighted by atomic mass is 32.2. The molecule has 1 aromatic rings. The first-order valence-electron chi connectivity index (χ1n) is 3.76. The monoisotopic (exact) mass is 226 g/mol. The number of halogens is 3. The van der Waals surface area contributed by atoms with E-state index in [1.54, 1.807) is 0 Å². The van der Waals surface area contributed by atoms with Crippen LogP contribution in [0.3, 0.4) is 0 Å². The van der Waals surface area contributed by atoms with Gasteiger partial charge in [0.05, 0.1) is 0 Å². The van der Waals surface area contributed by atoms with E-state index in [9.17, 15) is 13.2 Å². The highest BCUT2D eigenvalue weighted by Crippen LogP contribution is 2.29. The van der Waals surface area contributed by atoms with Crippen molar-refractivity contribution in [1.29, 1.82) is 0 Å². The van der Waals surface area contributed by atoms with Crippen LogP contribution in [0.25, 0.3) is 0 Å². The van der Waals surface area contributed by atoms with Gasteiger partial charge in [0.25, 0.3) is 5.82 Å². The lowest BCUT2D eigenvalue weighted by atomic mass is 10.6. The maximum absolute atomic E-state index is 12.2. The van der Waals surface area contributed by atoms with Crippen LogP contribution in [0.5, 0.6) is 0 Å². The molecule has 8 heteroatoms. The Balaban J connectivity index is 2.97. The van der Waals surface area contributed by atoms with E-state index < -0.39 is 12.0 Å². The summed E-state index contributed by atoms with van der Waals surface area (Å²) in [6.07, 6.45) is -4.56. The molecule has 0 aromatic carbocycles. The molecule has 0 amide bonds. The summed E-state index contributed by atoms with van der Waals surface area (Å²) in [5.74, 6) is 4.01. The number of hydrogen-bond acceptors (Lipinski definition) is 4. The molecule has 2 N–H and O–H groups in total. The topological polar surface area (TPSA) is 56.7 Å². The first-order valence-corrected chi connectivity index (χ1v) is 4.64. The standard InChI is InChI=1S/C6H9F3N4S/c1-3(2)14-5-12-11-4(13(5)10)6(7,8)9/h3H,10H2,1-2H3. The molecule has 1 heterocycles. The molecule has 0 aliphatic carbocycles. The van der Waals surface area contributed by atoms with Gasteiger partial charge in [-0.1, -0.05) is 25.6 Å². The molecule has 0 unspecified atom stereocenters. The molecule has 0 bridgehead atoms. The van der Waals surface area contributed by atoms with Crippen molar-refractivity contribution >= 4 is 11.8 Å². The number of hydrogen-bond donors (Lipinski definition) is 1. The number of rotatable bonds is 2. The first kappa shape index (κ1) is 11.2. The van der Waals surface area contributed by atoms with Crippen molar-refractivity contribution in [3.63, 3.8) is 0 Å². The van der Waals surface area contributed by atoms with Crippen LogP contribution >= 0.6 is 11.8 Å². The van der Waals surface area contributed by atoms with E-state index in [2.05, 4.69) is 10.2 Å². The zero-order chi connectivity index (χ0) is 10.9. The third-order valence-corrected chi connectivity index (χ3v) is 2.22. The molecule has 0 fully saturated rings. The molecule has 0 spiro atoms. The zero-order valence-electron chi connectivity index (χ0n) is 7.54. The summed E-state index contributed by atoms with van der Waals surface area (Å²) < 4.78 is 37.0. The van der Waals surface area contributed by atoms with E-state index in [0.717, 1.165) is 11.8 Å². The molecule has 0 atom stereocenters. The summed E-state index contributed by atoms with van der Waals surface area (Å²) in [7, 11) is 0. The van der Waals surface area contributed by atoms with E-state index >= 15 is 0 Å². The molecule has 1 aromatic heterocycles. The smallest absolute Gasteiger partial charge is 0.335 e. The summed E-state index contributed by atoms with van der Waals surface area (Å²) in [5.41, 5.74) is 0. The Hall–Kier alpha value is -0.920. The highest BCUT2D eigenvalue weighted by molar-refractivity contribution is 7.99. The van der Waals surface area contributed by atoms with Gasteiger partial charge in [0.15, 0.2) is 0 Å². The lowest BCUT2D eigenvalue weighted by Gasteiger charge is -2.06. The van der Waals surface area contributed by atoms with Crippen molar-refractivity contribution in [3.05, 3.63) is 5.82 Å². The predicted octanol–water partition coefficient (Wildman–Crippen LogP) is 1.51. The van der Waals surface area contributed by atoms with E-state index in [1.807, 2.05) is 13.8 Å². The van der Waals surface area contributed by atoms with Gasteiger partial charge < -0.3 is 5.84 Å². The molecule has 80 valence electrons. The summed E-state index contributed by atoms with van der Waals surface area (Å²) in [6.45, 7) is 3.65. The maximum Gasteiger partial charge on any atom is 0.453 e. The van der Waals surface area contributed by atoms with Crippen molar-refractivity contribution in [2.45, 2.75) is 30.4 Å². The minimum Gasteiger partial charge on any atom is -0.335 e. The van der Waals surface area contributed by atoms with Crippen molar-refractivity contribution < 1.29 is 13.2 Å². The average molecular weight is 226 g/mol. The Kier molecular flexibility index (Phi) is 2.93. The average Bonchev–Trinajstić information content (AvgIpc) is 2.30. The summed E-state index contributed by atoms with van der Waals surface area (Å²) >= 11 is 1.13. The van der Waals surface area contributed by atoms with Gasteiger partial charge in [0.1, 0.15) is 0 Å². The molecular weight excluding hydrogens is 217 g/mol. The van der Waals surface area contributed by atoms with Crippen LogP contribution in [0, 0.1) is 0 Å². The lowest BCUT2D eigenvalue weighted by Crippen LogP contribution is -2.21. The second kappa shape index (κ2) is 3.68. The molecule has 0 aliphatic rings. The van der Waals surface area contributed by atoms with E-state index in [1.165, 1.54) is 0 Å². The van der Waals surface area contributed by atoms with Crippen LogP contribution in [0.2, 0.25) is 0 Å². The molecular formula is C6H9F3N4S. The van der Waals surface area contributed by atoms with Crippen molar-refractivity contribution in [1.82, 2.24) is 14.9 Å². The van der Waals surface area contributed by atoms with Gasteiger partial charge in [0, 0.05) is 5.25 Å². The molecule has 0 aliphatic heterocycles. The van der Waals surface area contributed by atoms with Crippen LogP contribution in [-0.4, -0.2) is 20.1 Å². The number of nitrogens with two attached hydrogens (primary N) is 1. The van der Waals surface area contributed by atoms with Crippen molar-refractivity contribution in [3.8, 4) is 0 Å². The van der Waals surface area contributed by atoms with Gasteiger partial charge in [-0.2, -0.15) is 13.2 Å². The van der Waals surface area contributed by atoms with Gasteiger partial charge in [0.2, 0.25) is 5.16 Å². The molecule has 4 nitrogen and oxygen atoms in total. The number of thioether (sulfide) groups is 1. The number of nitrogen functional groups attached to an aromatic ring is 1. The molecule has 1 rings (SSSR count). The Morgan fingerprint density at radius 3 is 2.29 bits per heavy atom. The largest absolute Gasteiger partial charge is 0.453 e. The Morgan fingerprint density at radius 1 is 1.36 bits per heavy atom. The fourth-order valence-electron chi connectivity index (χ4n) is 0.762. The van der Waals surface area contributed by atoms with Gasteiger partial charge in [-0.25, -0.2) is 4.68 Å². The first-order chi connectivity index (χ1) is 6.32. The summed E-state index contributed by atoms with van der Waals surface area (Å²) in [6, 6.07) is 0. The van der Waals surface area contributed by atoms with Crippen LogP contribution in [0.4, 0.5) is 13.2 Å². The van der Waals surface area contributed by atoms with E-state index in [4.69, 9.17) is 5.84 Å². The minimum atomic E-state index is -4.56. The zero-order valence-corrected chi connectivity index (χ0v) is 8.35. The predicted molar refractivity (Wildman–Crippen MR) is 46.2 cm³/mol. The molecule has 0 radical (unpaired) electrons. The normalized spacial score (nSPS) is 12.4. The van der Waals surface area contributed by atoms with Gasteiger partial charge in [-0.05, 0) is 0 Å². The second-order valence-electron chi connectivity index (χ2n) is 2.84. The summed E-state index contributed by atoms with van der Waals surface area (Å²) in [4.78, 5) is 0. The van der Waals surface area contributed by atoms with E-state index in [-0.39, 0.29) is 10.4 Å². The third-order valence-electron chi connectivity index (χ3n) is 1.26. The van der Waals surface area contributed by atoms with Gasteiger partial charge in [-0.15, -0.1) is 10.2 Å². The Morgan fingerprint density at radius 2 is 1.93 bits per heavy atom. The Labute approximate surface area is 82.6 Å². The number of nitrogens with zero attached hydrogens (tertiary/aromatic N) is 3. The minimum absolute atomic E-state index is 0.0623. The lowest BCUT2D eigenvalue weighted by molar-refractivity contribution is -0.146. The van der Waals surface area contributed by atoms with Crippen LogP contribution < -0.4 is 5.84 Å². The third kappa shape index (κ3) is 2.31. The fourth-order valence-corrected chi connectivity index (χ4v) is 1.47. The Bertz CT molecular complexity index is 319. The van der Waals surface area contributed by atoms with Gasteiger partial charge >= 0.3 is 6.18 Å². The highest BCUT2D eigenvalue weighted by Gasteiger charge is 2.38. The van der Waals surface area contributed by atoms with Gasteiger partial charge in [-0.3, -0.25) is 0 Å². The van der Waals surface area contributed by atoms with E-state index in [0.29, 0.717) is 4.68 Å². The van der Waals surface area contributed by atoms with Crippen LogP contribution in [0.1, 0.15) is 19.7 Å². The number of alkyl halides is 3. The molecule has 0 saturated heterocycles. The maximum atomic E-state index is 12.2. The quantitative estimate of drug-likeness (QED) is 0.613.